The highest BCUT2D eigenvalue weighted by Crippen LogP contribution is 2.16. The lowest BCUT2D eigenvalue weighted by molar-refractivity contribution is -0.121. The fourth-order valence-electron chi connectivity index (χ4n) is 2.26. The van der Waals surface area contributed by atoms with Crippen LogP contribution in [0.25, 0.3) is 5.69 Å². The molecular formula is C17H20N4O4. The zero-order valence-electron chi connectivity index (χ0n) is 14.1. The summed E-state index contributed by atoms with van der Waals surface area (Å²) in [6, 6.07) is 8.38. The van der Waals surface area contributed by atoms with Crippen LogP contribution in [0.15, 0.2) is 45.0 Å². The first kappa shape index (κ1) is 18.2. The Morgan fingerprint density at radius 1 is 1.28 bits per heavy atom. The molecule has 0 atom stereocenters. The highest BCUT2D eigenvalue weighted by molar-refractivity contribution is 6.00. The van der Waals surface area contributed by atoms with Crippen LogP contribution in [0.5, 0.6) is 5.88 Å². The molecule has 1 aromatic carbocycles. The smallest absolute Gasteiger partial charge is 0.335 e. The van der Waals surface area contributed by atoms with Crippen LogP contribution >= 0.6 is 0 Å². The van der Waals surface area contributed by atoms with Crippen LogP contribution in [-0.4, -0.2) is 26.3 Å². The summed E-state index contributed by atoms with van der Waals surface area (Å²) in [6.45, 7) is 3.43. The van der Waals surface area contributed by atoms with Crippen molar-refractivity contribution in [3.05, 3.63) is 56.7 Å². The van der Waals surface area contributed by atoms with Crippen molar-refractivity contribution in [2.24, 2.45) is 5.10 Å². The van der Waals surface area contributed by atoms with Gasteiger partial charge in [-0.2, -0.15) is 5.10 Å². The number of aromatic nitrogens is 2. The molecule has 0 unspecified atom stereocenters. The Labute approximate surface area is 143 Å². The standard InChI is InChI=1S/C17H20N4O4/c1-3-4-10-13(22)20-19-11(2)14-15(23)18-17(25)21(16(14)24)12-8-6-5-7-9-12/h5-9,24H,3-4,10H2,1-2H3,(H,20,22)(H,18,23,25). The van der Waals surface area contributed by atoms with E-state index < -0.39 is 17.1 Å². The molecule has 132 valence electrons. The van der Waals surface area contributed by atoms with Gasteiger partial charge in [-0.05, 0) is 25.5 Å². The normalized spacial score (nSPS) is 11.4. The molecule has 3 N–H and O–H groups in total. The first-order valence-corrected chi connectivity index (χ1v) is 7.93. The summed E-state index contributed by atoms with van der Waals surface area (Å²) in [5, 5.41) is 14.3. The van der Waals surface area contributed by atoms with E-state index in [1.54, 1.807) is 30.3 Å². The number of nitrogens with one attached hydrogen (secondary N) is 2. The number of carbonyl (C=O) groups is 1. The number of aromatic amines is 1. The summed E-state index contributed by atoms with van der Waals surface area (Å²) in [4.78, 5) is 37.9. The molecule has 8 nitrogen and oxygen atoms in total. The maximum atomic E-state index is 12.1. The maximum Gasteiger partial charge on any atom is 0.335 e. The fourth-order valence-corrected chi connectivity index (χ4v) is 2.26. The van der Waals surface area contributed by atoms with Crippen LogP contribution in [0.3, 0.4) is 0 Å². The molecule has 8 heteroatoms. The van der Waals surface area contributed by atoms with Gasteiger partial charge in [0.25, 0.3) is 5.56 Å². The van der Waals surface area contributed by atoms with E-state index in [0.717, 1.165) is 17.4 Å². The minimum atomic E-state index is -0.779. The van der Waals surface area contributed by atoms with Crippen LogP contribution in [-0.2, 0) is 4.79 Å². The van der Waals surface area contributed by atoms with E-state index in [9.17, 15) is 19.5 Å². The predicted molar refractivity (Wildman–Crippen MR) is 94.2 cm³/mol. The van der Waals surface area contributed by atoms with Crippen LogP contribution in [0.2, 0.25) is 0 Å². The van der Waals surface area contributed by atoms with Gasteiger partial charge < -0.3 is 5.11 Å². The number of hydrazone groups is 1. The van der Waals surface area contributed by atoms with E-state index in [-0.39, 0.29) is 17.2 Å². The molecule has 0 saturated carbocycles. The lowest BCUT2D eigenvalue weighted by atomic mass is 10.2. The van der Waals surface area contributed by atoms with Crippen molar-refractivity contribution < 1.29 is 9.90 Å². The third kappa shape index (κ3) is 4.23. The van der Waals surface area contributed by atoms with Crippen LogP contribution in [0.4, 0.5) is 0 Å². The Morgan fingerprint density at radius 3 is 2.60 bits per heavy atom. The zero-order valence-corrected chi connectivity index (χ0v) is 14.1. The van der Waals surface area contributed by atoms with E-state index in [1.165, 1.54) is 6.92 Å². The molecule has 0 aliphatic carbocycles. The summed E-state index contributed by atoms with van der Waals surface area (Å²) in [5.41, 5.74) is 1.10. The summed E-state index contributed by atoms with van der Waals surface area (Å²) in [5.74, 6) is -0.822. The minimum absolute atomic E-state index is 0.0910. The van der Waals surface area contributed by atoms with Crippen molar-refractivity contribution in [1.82, 2.24) is 15.0 Å². The van der Waals surface area contributed by atoms with Crippen molar-refractivity contribution in [3.8, 4) is 11.6 Å². The molecule has 0 spiro atoms. The predicted octanol–water partition coefficient (Wildman–Crippen LogP) is 1.26. The lowest BCUT2D eigenvalue weighted by Crippen LogP contribution is -2.33. The van der Waals surface area contributed by atoms with Gasteiger partial charge in [-0.15, -0.1) is 0 Å². The monoisotopic (exact) mass is 344 g/mol. The van der Waals surface area contributed by atoms with Gasteiger partial charge in [0.2, 0.25) is 11.8 Å². The Balaban J connectivity index is 2.43. The number of amides is 1. The van der Waals surface area contributed by atoms with E-state index in [1.807, 2.05) is 6.92 Å². The second-order valence-electron chi connectivity index (χ2n) is 5.46. The molecule has 2 aromatic rings. The van der Waals surface area contributed by atoms with Gasteiger partial charge in [-0.3, -0.25) is 14.6 Å². The number of carbonyl (C=O) groups excluding carboxylic acids is 1. The number of aromatic hydroxyl groups is 1. The number of nitrogens with zero attached hydrogens (tertiary/aromatic N) is 2. The van der Waals surface area contributed by atoms with Gasteiger partial charge in [-0.1, -0.05) is 31.5 Å². The van der Waals surface area contributed by atoms with Crippen LogP contribution in [0.1, 0.15) is 38.7 Å². The molecular weight excluding hydrogens is 324 g/mol. The van der Waals surface area contributed by atoms with Gasteiger partial charge in [0.15, 0.2) is 0 Å². The maximum absolute atomic E-state index is 12.1. The number of H-pyrrole nitrogens is 1. The highest BCUT2D eigenvalue weighted by atomic mass is 16.3. The quantitative estimate of drug-likeness (QED) is 0.540. The van der Waals surface area contributed by atoms with Crippen LogP contribution < -0.4 is 16.7 Å². The van der Waals surface area contributed by atoms with E-state index in [2.05, 4.69) is 15.5 Å². The molecule has 0 fully saturated rings. The molecule has 1 heterocycles. The van der Waals surface area contributed by atoms with E-state index in [4.69, 9.17) is 0 Å². The summed E-state index contributed by atoms with van der Waals surface area (Å²) in [6.07, 6.45) is 1.92. The molecule has 2 rings (SSSR count). The second kappa shape index (κ2) is 8.09. The summed E-state index contributed by atoms with van der Waals surface area (Å²) in [7, 11) is 0. The topological polar surface area (TPSA) is 117 Å². The number of hydrogen-bond acceptors (Lipinski definition) is 5. The largest absolute Gasteiger partial charge is 0.493 e. The molecule has 0 aliphatic heterocycles. The molecule has 0 saturated heterocycles. The zero-order chi connectivity index (χ0) is 18.4. The average molecular weight is 344 g/mol. The SMILES string of the molecule is CCCCC(=O)NN=C(C)c1c(O)n(-c2ccccc2)c(=O)[nH]c1=O. The van der Waals surface area contributed by atoms with Crippen molar-refractivity contribution >= 4 is 11.6 Å². The first-order valence-electron chi connectivity index (χ1n) is 7.93. The number of hydrogen-bond donors (Lipinski definition) is 3. The number of benzene rings is 1. The third-order valence-corrected chi connectivity index (χ3v) is 3.57. The molecule has 0 aliphatic rings. The Bertz CT molecular complexity index is 897. The summed E-state index contributed by atoms with van der Waals surface area (Å²) < 4.78 is 0.967. The Morgan fingerprint density at radius 2 is 1.96 bits per heavy atom. The Kier molecular flexibility index (Phi) is 5.89. The number of unbranched alkanes of at least 4 members (excludes halogenated alkanes) is 1. The van der Waals surface area contributed by atoms with Gasteiger partial charge >= 0.3 is 5.69 Å². The summed E-state index contributed by atoms with van der Waals surface area (Å²) >= 11 is 0. The molecule has 1 aromatic heterocycles. The number of rotatable bonds is 6. The molecule has 0 bridgehead atoms. The molecule has 0 radical (unpaired) electrons. The van der Waals surface area contributed by atoms with Crippen molar-refractivity contribution in [2.75, 3.05) is 0 Å². The first-order chi connectivity index (χ1) is 12.0. The highest BCUT2D eigenvalue weighted by Gasteiger charge is 2.18. The van der Waals surface area contributed by atoms with Crippen molar-refractivity contribution in [2.45, 2.75) is 33.1 Å². The van der Waals surface area contributed by atoms with Gasteiger partial charge in [0.05, 0.1) is 11.4 Å². The van der Waals surface area contributed by atoms with E-state index >= 15 is 0 Å². The number of para-hydroxylation sites is 1. The van der Waals surface area contributed by atoms with E-state index in [0.29, 0.717) is 12.1 Å². The second-order valence-corrected chi connectivity index (χ2v) is 5.46. The Hall–Kier alpha value is -3.16. The van der Waals surface area contributed by atoms with Gasteiger partial charge in [0, 0.05) is 6.42 Å². The van der Waals surface area contributed by atoms with Crippen molar-refractivity contribution in [3.63, 3.8) is 0 Å². The minimum Gasteiger partial charge on any atom is -0.493 e. The fraction of sp³-hybridized carbons (Fsp3) is 0.294. The van der Waals surface area contributed by atoms with Gasteiger partial charge in [-0.25, -0.2) is 14.8 Å². The average Bonchev–Trinajstić information content (AvgIpc) is 2.58. The lowest BCUT2D eigenvalue weighted by Gasteiger charge is -2.11. The van der Waals surface area contributed by atoms with Crippen LogP contribution in [0, 0.1) is 0 Å². The molecule has 25 heavy (non-hydrogen) atoms. The molecule has 1 amide bonds. The van der Waals surface area contributed by atoms with Crippen molar-refractivity contribution in [1.29, 1.82) is 0 Å². The third-order valence-electron chi connectivity index (χ3n) is 3.57. The van der Waals surface area contributed by atoms with Gasteiger partial charge in [0.1, 0.15) is 5.56 Å².